The van der Waals surface area contributed by atoms with E-state index in [9.17, 15) is 4.79 Å². The van der Waals surface area contributed by atoms with Crippen molar-refractivity contribution < 1.29 is 4.79 Å². The summed E-state index contributed by atoms with van der Waals surface area (Å²) in [6.45, 7) is 3.47. The summed E-state index contributed by atoms with van der Waals surface area (Å²) in [6.07, 6.45) is 0. The highest BCUT2D eigenvalue weighted by molar-refractivity contribution is 7.09. The van der Waals surface area contributed by atoms with Gasteiger partial charge in [-0.1, -0.05) is 17.7 Å². The molecule has 0 saturated heterocycles. The Labute approximate surface area is 147 Å². The number of aromatic nitrogens is 5. The number of carbonyl (C=O) groups is 1. The minimum Gasteiger partial charge on any atom is -0.329 e. The Bertz CT molecular complexity index is 920. The van der Waals surface area contributed by atoms with Gasteiger partial charge in [0, 0.05) is 23.7 Å². The zero-order chi connectivity index (χ0) is 16.7. The average Bonchev–Trinajstić information content (AvgIpc) is 3.19. The van der Waals surface area contributed by atoms with Gasteiger partial charge in [-0.3, -0.25) is 4.79 Å². The van der Waals surface area contributed by atoms with Crippen LogP contribution in [0.25, 0.3) is 10.8 Å². The summed E-state index contributed by atoms with van der Waals surface area (Å²) < 4.78 is 6.19. The van der Waals surface area contributed by atoms with Crippen LogP contribution in [0.5, 0.6) is 0 Å². The Balaban J connectivity index is 1.59. The molecule has 2 aromatic heterocycles. The van der Waals surface area contributed by atoms with Crippen molar-refractivity contribution in [2.75, 3.05) is 6.54 Å². The predicted molar refractivity (Wildman–Crippen MR) is 89.9 cm³/mol. The van der Waals surface area contributed by atoms with Crippen molar-refractivity contribution in [3.63, 3.8) is 0 Å². The molecule has 0 saturated carbocycles. The third kappa shape index (κ3) is 2.67. The van der Waals surface area contributed by atoms with Crippen molar-refractivity contribution in [3.05, 3.63) is 46.5 Å². The predicted octanol–water partition coefficient (Wildman–Crippen LogP) is 2.41. The van der Waals surface area contributed by atoms with Gasteiger partial charge in [0.05, 0.1) is 6.54 Å². The fraction of sp³-hybridized carbons (Fsp3) is 0.267. The van der Waals surface area contributed by atoms with Crippen molar-refractivity contribution in [2.45, 2.75) is 20.0 Å². The van der Waals surface area contributed by atoms with E-state index in [0.29, 0.717) is 36.0 Å². The van der Waals surface area contributed by atoms with E-state index < -0.39 is 0 Å². The van der Waals surface area contributed by atoms with Crippen LogP contribution in [0, 0.1) is 6.92 Å². The highest BCUT2D eigenvalue weighted by Crippen LogP contribution is 2.24. The average molecular weight is 361 g/mol. The Hall–Kier alpha value is -2.32. The maximum Gasteiger partial charge on any atom is 0.254 e. The molecule has 4 rings (SSSR count). The van der Waals surface area contributed by atoms with Crippen LogP contribution in [-0.2, 0) is 13.1 Å². The van der Waals surface area contributed by atoms with Crippen molar-refractivity contribution in [2.24, 2.45) is 0 Å². The molecule has 0 aliphatic carbocycles. The number of nitrogens with zero attached hydrogens (tertiary/aromatic N) is 6. The lowest BCUT2D eigenvalue weighted by atomic mass is 10.2. The standard InChI is InChI=1S/C15H13ClN6OS/c1-9-17-14(24-20-9)13-19-18-12-8-21(5-6-22(12)13)15(23)10-3-2-4-11(16)7-10/h2-4,7H,5-6,8H2,1H3. The first-order chi connectivity index (χ1) is 11.6. The summed E-state index contributed by atoms with van der Waals surface area (Å²) in [5, 5.41) is 9.74. The second kappa shape index (κ2) is 5.95. The molecule has 0 spiro atoms. The fourth-order valence-electron chi connectivity index (χ4n) is 2.68. The summed E-state index contributed by atoms with van der Waals surface area (Å²) in [5.41, 5.74) is 0.579. The number of halogens is 1. The van der Waals surface area contributed by atoms with Crippen LogP contribution in [0.4, 0.5) is 0 Å². The van der Waals surface area contributed by atoms with E-state index in [1.165, 1.54) is 11.5 Å². The van der Waals surface area contributed by atoms with E-state index in [1.54, 1.807) is 29.2 Å². The highest BCUT2D eigenvalue weighted by atomic mass is 35.5. The van der Waals surface area contributed by atoms with Crippen LogP contribution in [0.15, 0.2) is 24.3 Å². The van der Waals surface area contributed by atoms with E-state index in [-0.39, 0.29) is 5.91 Å². The fourth-order valence-corrected chi connectivity index (χ4v) is 3.54. The van der Waals surface area contributed by atoms with Gasteiger partial charge in [-0.2, -0.15) is 4.37 Å². The molecule has 1 aromatic carbocycles. The normalized spacial score (nSPS) is 13.8. The number of benzene rings is 1. The van der Waals surface area contributed by atoms with E-state index in [2.05, 4.69) is 19.6 Å². The first-order valence-corrected chi connectivity index (χ1v) is 8.54. The molecule has 24 heavy (non-hydrogen) atoms. The van der Waals surface area contributed by atoms with Crippen LogP contribution < -0.4 is 0 Å². The lowest BCUT2D eigenvalue weighted by Crippen LogP contribution is -2.38. The third-order valence-electron chi connectivity index (χ3n) is 3.83. The van der Waals surface area contributed by atoms with Crippen LogP contribution in [0.3, 0.4) is 0 Å². The van der Waals surface area contributed by atoms with Gasteiger partial charge in [0.2, 0.25) is 0 Å². The second-order valence-electron chi connectivity index (χ2n) is 5.48. The number of hydrogen-bond donors (Lipinski definition) is 0. The van der Waals surface area contributed by atoms with Crippen molar-refractivity contribution in [1.82, 2.24) is 29.0 Å². The van der Waals surface area contributed by atoms with Crippen molar-refractivity contribution in [3.8, 4) is 10.8 Å². The zero-order valence-electron chi connectivity index (χ0n) is 12.8. The minimum atomic E-state index is -0.0555. The molecule has 9 heteroatoms. The molecular weight excluding hydrogens is 348 g/mol. The SMILES string of the molecule is Cc1nsc(-c2nnc3n2CCN(C(=O)c2cccc(Cl)c2)C3)n1. The number of aryl methyl sites for hydroxylation is 1. The molecule has 0 bridgehead atoms. The first-order valence-electron chi connectivity index (χ1n) is 7.39. The second-order valence-corrected chi connectivity index (χ2v) is 6.66. The third-order valence-corrected chi connectivity index (χ3v) is 4.87. The van der Waals surface area contributed by atoms with Gasteiger partial charge in [-0.05, 0) is 36.7 Å². The molecule has 1 aliphatic heterocycles. The quantitative estimate of drug-likeness (QED) is 0.701. The topological polar surface area (TPSA) is 76.8 Å². The Morgan fingerprint density at radius 2 is 2.17 bits per heavy atom. The van der Waals surface area contributed by atoms with Gasteiger partial charge in [-0.25, -0.2) is 4.98 Å². The van der Waals surface area contributed by atoms with Gasteiger partial charge in [0.25, 0.3) is 5.91 Å². The van der Waals surface area contributed by atoms with Gasteiger partial charge in [0.15, 0.2) is 16.7 Å². The summed E-state index contributed by atoms with van der Waals surface area (Å²) in [5.74, 6) is 2.13. The van der Waals surface area contributed by atoms with Crippen molar-refractivity contribution >= 4 is 29.0 Å². The molecule has 0 radical (unpaired) electrons. The van der Waals surface area contributed by atoms with Gasteiger partial charge < -0.3 is 9.47 Å². The largest absolute Gasteiger partial charge is 0.329 e. The number of amides is 1. The van der Waals surface area contributed by atoms with Crippen LogP contribution >= 0.6 is 23.1 Å². The number of fused-ring (bicyclic) bond motifs is 1. The Kier molecular flexibility index (Phi) is 3.78. The smallest absolute Gasteiger partial charge is 0.254 e. The van der Waals surface area contributed by atoms with E-state index in [1.807, 2.05) is 11.5 Å². The molecule has 3 aromatic rings. The summed E-state index contributed by atoms with van der Waals surface area (Å²) >= 11 is 7.28. The van der Waals surface area contributed by atoms with Crippen LogP contribution in [0.1, 0.15) is 22.0 Å². The van der Waals surface area contributed by atoms with Crippen LogP contribution in [0.2, 0.25) is 5.02 Å². The number of carbonyl (C=O) groups excluding carboxylic acids is 1. The zero-order valence-corrected chi connectivity index (χ0v) is 14.4. The summed E-state index contributed by atoms with van der Waals surface area (Å²) in [4.78, 5) is 18.7. The molecule has 1 aliphatic rings. The molecule has 0 unspecified atom stereocenters. The Morgan fingerprint density at radius 1 is 1.29 bits per heavy atom. The van der Waals surface area contributed by atoms with E-state index in [0.717, 1.165) is 16.7 Å². The maximum atomic E-state index is 12.6. The first kappa shape index (κ1) is 15.2. The van der Waals surface area contributed by atoms with E-state index >= 15 is 0 Å². The van der Waals surface area contributed by atoms with Gasteiger partial charge in [0.1, 0.15) is 5.82 Å². The minimum absolute atomic E-state index is 0.0555. The molecule has 0 N–H and O–H groups in total. The molecule has 7 nitrogen and oxygen atoms in total. The summed E-state index contributed by atoms with van der Waals surface area (Å²) in [7, 11) is 0. The van der Waals surface area contributed by atoms with Crippen LogP contribution in [-0.4, -0.2) is 41.5 Å². The molecule has 122 valence electrons. The van der Waals surface area contributed by atoms with E-state index in [4.69, 9.17) is 11.6 Å². The summed E-state index contributed by atoms with van der Waals surface area (Å²) in [6, 6.07) is 6.97. The van der Waals surface area contributed by atoms with Crippen molar-refractivity contribution in [1.29, 1.82) is 0 Å². The molecular formula is C15H13ClN6OS. The highest BCUT2D eigenvalue weighted by Gasteiger charge is 2.26. The molecule has 0 fully saturated rings. The monoisotopic (exact) mass is 360 g/mol. The van der Waals surface area contributed by atoms with Gasteiger partial charge >= 0.3 is 0 Å². The number of hydrogen-bond acceptors (Lipinski definition) is 6. The maximum absolute atomic E-state index is 12.6. The molecule has 1 amide bonds. The Morgan fingerprint density at radius 3 is 2.92 bits per heavy atom. The number of rotatable bonds is 2. The molecule has 0 atom stereocenters. The molecule has 3 heterocycles. The lowest BCUT2D eigenvalue weighted by Gasteiger charge is -2.27. The lowest BCUT2D eigenvalue weighted by molar-refractivity contribution is 0.0708. The van der Waals surface area contributed by atoms with Gasteiger partial charge in [-0.15, -0.1) is 10.2 Å².